The molecule has 29 heavy (non-hydrogen) atoms. The van der Waals surface area contributed by atoms with Crippen LogP contribution in [0.25, 0.3) is 6.08 Å². The number of carbonyl (C=O) groups excluding carboxylic acids is 1. The lowest BCUT2D eigenvalue weighted by molar-refractivity contribution is -0.113. The Balaban J connectivity index is 1.67. The third-order valence-electron chi connectivity index (χ3n) is 4.06. The lowest BCUT2D eigenvalue weighted by Gasteiger charge is -2.18. The lowest BCUT2D eigenvalue weighted by atomic mass is 10.2. The van der Waals surface area contributed by atoms with Gasteiger partial charge in [0.05, 0.1) is 28.5 Å². The minimum atomic E-state index is -0.184. The van der Waals surface area contributed by atoms with Crippen LogP contribution in [0.15, 0.2) is 51.8 Å². The minimum Gasteiger partial charge on any atom is -0.495 e. The molecule has 0 saturated carbocycles. The first-order valence-electron chi connectivity index (χ1n) is 8.61. The van der Waals surface area contributed by atoms with E-state index in [9.17, 15) is 4.79 Å². The van der Waals surface area contributed by atoms with Crippen LogP contribution in [0.1, 0.15) is 15.6 Å². The fourth-order valence-electron chi connectivity index (χ4n) is 2.74. The van der Waals surface area contributed by atoms with Gasteiger partial charge in [0.1, 0.15) is 11.4 Å². The molecule has 3 heterocycles. The first-order chi connectivity index (χ1) is 14.0. The molecule has 1 aliphatic heterocycles. The molecular formula is C20H16ClN3O2S3. The van der Waals surface area contributed by atoms with Crippen molar-refractivity contribution in [2.45, 2.75) is 12.7 Å². The number of hydrogen-bond donors (Lipinski definition) is 0. The van der Waals surface area contributed by atoms with Crippen molar-refractivity contribution in [2.24, 2.45) is 4.99 Å². The van der Waals surface area contributed by atoms with Crippen LogP contribution in [-0.2, 0) is 10.5 Å². The summed E-state index contributed by atoms with van der Waals surface area (Å²) in [5, 5.41) is 6.05. The maximum absolute atomic E-state index is 13.2. The van der Waals surface area contributed by atoms with Crippen LogP contribution in [0.4, 0.5) is 5.69 Å². The highest BCUT2D eigenvalue weighted by Gasteiger charge is 2.32. The van der Waals surface area contributed by atoms with Crippen molar-refractivity contribution >= 4 is 68.9 Å². The predicted molar refractivity (Wildman–Crippen MR) is 123 cm³/mol. The Labute approximate surface area is 185 Å². The molecular weight excluding hydrogens is 446 g/mol. The van der Waals surface area contributed by atoms with Crippen molar-refractivity contribution in [3.63, 3.8) is 0 Å². The van der Waals surface area contributed by atoms with Gasteiger partial charge in [-0.1, -0.05) is 29.4 Å². The summed E-state index contributed by atoms with van der Waals surface area (Å²) < 4.78 is 5.23. The van der Waals surface area contributed by atoms with Crippen LogP contribution in [0.2, 0.25) is 5.02 Å². The number of carbonyl (C=O) groups is 1. The molecule has 9 heteroatoms. The Hall–Kier alpha value is -2.13. The van der Waals surface area contributed by atoms with Crippen molar-refractivity contribution in [3.8, 4) is 5.75 Å². The van der Waals surface area contributed by atoms with Gasteiger partial charge in [-0.25, -0.2) is 9.98 Å². The van der Waals surface area contributed by atoms with E-state index in [0.29, 0.717) is 33.1 Å². The molecule has 1 aromatic carbocycles. The number of nitrogens with zero attached hydrogens (tertiary/aromatic N) is 3. The van der Waals surface area contributed by atoms with Crippen LogP contribution in [0.5, 0.6) is 5.75 Å². The van der Waals surface area contributed by atoms with Gasteiger partial charge in [-0.05, 0) is 42.6 Å². The van der Waals surface area contributed by atoms with Crippen molar-refractivity contribution in [2.75, 3.05) is 12.0 Å². The highest BCUT2D eigenvalue weighted by Crippen LogP contribution is 2.35. The number of anilines is 1. The Morgan fingerprint density at radius 2 is 2.17 bits per heavy atom. The summed E-state index contributed by atoms with van der Waals surface area (Å²) in [6.45, 7) is 1.98. The standard InChI is InChI=1S/C20H16ClN3O2S3/c1-12-22-13(10-28-12)11-29-20-23-17(9-15-4-3-7-27-15)19(25)24(20)14-5-6-18(26-2)16(21)8-14/h3-10H,11H2,1-2H3/b17-9+. The van der Waals surface area contributed by atoms with Gasteiger partial charge in [0.2, 0.25) is 0 Å². The van der Waals surface area contributed by atoms with Crippen LogP contribution in [0, 0.1) is 6.92 Å². The van der Waals surface area contributed by atoms with Crippen LogP contribution in [-0.4, -0.2) is 23.2 Å². The second kappa shape index (κ2) is 8.71. The number of aliphatic imine (C=N–C) groups is 1. The molecule has 2 aromatic heterocycles. The number of aryl methyl sites for hydroxylation is 1. The summed E-state index contributed by atoms with van der Waals surface area (Å²) in [5.74, 6) is 1.00. The van der Waals surface area contributed by atoms with Crippen molar-refractivity contribution in [1.29, 1.82) is 0 Å². The highest BCUT2D eigenvalue weighted by atomic mass is 35.5. The number of hydrogen-bond acceptors (Lipinski definition) is 7. The van der Waals surface area contributed by atoms with E-state index in [4.69, 9.17) is 16.3 Å². The van der Waals surface area contributed by atoms with Gasteiger partial charge in [-0.2, -0.15) is 0 Å². The first kappa shape index (κ1) is 20.2. The smallest absolute Gasteiger partial charge is 0.283 e. The number of thiophene rings is 1. The second-order valence-corrected chi connectivity index (χ2v) is 9.44. The Morgan fingerprint density at radius 1 is 1.31 bits per heavy atom. The average Bonchev–Trinajstić information content (AvgIpc) is 3.42. The van der Waals surface area contributed by atoms with Gasteiger partial charge in [0, 0.05) is 16.0 Å². The Kier molecular flexibility index (Phi) is 6.05. The maximum atomic E-state index is 13.2. The Bertz CT molecular complexity index is 1110. The number of benzene rings is 1. The predicted octanol–water partition coefficient (Wildman–Crippen LogP) is 5.85. The van der Waals surface area contributed by atoms with Gasteiger partial charge in [-0.3, -0.25) is 9.69 Å². The number of ether oxygens (including phenoxy) is 1. The zero-order valence-electron chi connectivity index (χ0n) is 15.6. The normalized spacial score (nSPS) is 15.3. The molecule has 1 aliphatic rings. The number of amidine groups is 1. The number of thiazole rings is 1. The van der Waals surface area contributed by atoms with Gasteiger partial charge in [0.25, 0.3) is 5.91 Å². The van der Waals surface area contributed by atoms with Crippen molar-refractivity contribution < 1.29 is 9.53 Å². The average molecular weight is 462 g/mol. The number of thioether (sulfide) groups is 1. The van der Waals surface area contributed by atoms with E-state index in [1.54, 1.807) is 52.9 Å². The Morgan fingerprint density at radius 3 is 2.83 bits per heavy atom. The number of amides is 1. The zero-order chi connectivity index (χ0) is 20.4. The monoisotopic (exact) mass is 461 g/mol. The molecule has 1 amide bonds. The molecule has 4 rings (SSSR count). The molecule has 0 aliphatic carbocycles. The van der Waals surface area contributed by atoms with E-state index < -0.39 is 0 Å². The molecule has 0 fully saturated rings. The molecule has 0 unspecified atom stereocenters. The fraction of sp³-hybridized carbons (Fsp3) is 0.150. The number of rotatable bonds is 5. The summed E-state index contributed by atoms with van der Waals surface area (Å²) in [6, 6.07) is 9.17. The molecule has 5 nitrogen and oxygen atoms in total. The maximum Gasteiger partial charge on any atom is 0.283 e. The highest BCUT2D eigenvalue weighted by molar-refractivity contribution is 8.13. The number of halogens is 1. The number of methoxy groups -OCH3 is 1. The fourth-order valence-corrected chi connectivity index (χ4v) is 5.26. The second-order valence-electron chi connectivity index (χ2n) is 6.05. The van der Waals surface area contributed by atoms with Crippen molar-refractivity contribution in [1.82, 2.24) is 4.98 Å². The third kappa shape index (κ3) is 4.40. The molecule has 0 atom stereocenters. The minimum absolute atomic E-state index is 0.184. The lowest BCUT2D eigenvalue weighted by Crippen LogP contribution is -2.30. The topological polar surface area (TPSA) is 54.8 Å². The summed E-state index contributed by atoms with van der Waals surface area (Å²) >= 11 is 10.9. The summed E-state index contributed by atoms with van der Waals surface area (Å²) in [6.07, 6.45) is 1.81. The van der Waals surface area contributed by atoms with E-state index in [1.165, 1.54) is 11.8 Å². The molecule has 148 valence electrons. The summed E-state index contributed by atoms with van der Waals surface area (Å²) in [5.41, 5.74) is 2.02. The van der Waals surface area contributed by atoms with Gasteiger partial charge < -0.3 is 4.74 Å². The van der Waals surface area contributed by atoms with E-state index in [1.807, 2.05) is 35.9 Å². The van der Waals surface area contributed by atoms with Crippen LogP contribution < -0.4 is 9.64 Å². The summed E-state index contributed by atoms with van der Waals surface area (Å²) in [4.78, 5) is 24.9. The zero-order valence-corrected chi connectivity index (χ0v) is 18.8. The quantitative estimate of drug-likeness (QED) is 0.447. The molecule has 0 spiro atoms. The van der Waals surface area contributed by atoms with E-state index in [-0.39, 0.29) is 5.91 Å². The molecule has 0 radical (unpaired) electrons. The third-order valence-corrected chi connectivity index (χ3v) is 6.97. The first-order valence-corrected chi connectivity index (χ1v) is 11.7. The van der Waals surface area contributed by atoms with Crippen LogP contribution >= 0.6 is 46.0 Å². The van der Waals surface area contributed by atoms with E-state index in [2.05, 4.69) is 9.98 Å². The number of aromatic nitrogens is 1. The van der Waals surface area contributed by atoms with Gasteiger partial charge >= 0.3 is 0 Å². The van der Waals surface area contributed by atoms with E-state index >= 15 is 0 Å². The van der Waals surface area contributed by atoms with Crippen LogP contribution in [0.3, 0.4) is 0 Å². The molecule has 0 saturated heterocycles. The molecule has 0 bridgehead atoms. The van der Waals surface area contributed by atoms with Gasteiger partial charge in [-0.15, -0.1) is 22.7 Å². The van der Waals surface area contributed by atoms with E-state index in [0.717, 1.165) is 15.6 Å². The largest absolute Gasteiger partial charge is 0.495 e. The van der Waals surface area contributed by atoms with Crippen molar-refractivity contribution in [3.05, 3.63) is 67.4 Å². The SMILES string of the molecule is COc1ccc(N2C(=O)/C(=C\c3cccs3)N=C2SCc2csc(C)n2)cc1Cl. The molecule has 0 N–H and O–H groups in total. The molecule has 3 aromatic rings. The van der Waals surface area contributed by atoms with Gasteiger partial charge in [0.15, 0.2) is 5.17 Å². The summed E-state index contributed by atoms with van der Waals surface area (Å²) in [7, 11) is 1.56.